The van der Waals surface area contributed by atoms with E-state index in [-0.39, 0.29) is 5.03 Å². The Kier molecular flexibility index (Phi) is 7.18. The van der Waals surface area contributed by atoms with Crippen molar-refractivity contribution >= 4 is 27.6 Å². The van der Waals surface area contributed by atoms with E-state index in [0.29, 0.717) is 23.0 Å². The van der Waals surface area contributed by atoms with Gasteiger partial charge in [0.05, 0.1) is 14.2 Å². The molecule has 1 aromatic heterocycles. The first-order valence-electron chi connectivity index (χ1n) is 8.32. The van der Waals surface area contributed by atoms with Crippen LogP contribution in [0.4, 0.5) is 5.69 Å². The van der Waals surface area contributed by atoms with Gasteiger partial charge in [0.2, 0.25) is 0 Å². The van der Waals surface area contributed by atoms with Crippen LogP contribution in [0, 0.1) is 6.92 Å². The van der Waals surface area contributed by atoms with E-state index in [1.54, 1.807) is 32.2 Å². The summed E-state index contributed by atoms with van der Waals surface area (Å²) in [5.41, 5.74) is 0.383. The molecule has 0 bridgehead atoms. The topological polar surface area (TPSA) is 138 Å². The number of methoxy groups -OCH3 is 2. The van der Waals surface area contributed by atoms with Gasteiger partial charge in [-0.25, -0.2) is 13.4 Å². The summed E-state index contributed by atoms with van der Waals surface area (Å²) >= 11 is 0. The monoisotopic (exact) mass is 426 g/mol. The number of benzene rings is 1. The van der Waals surface area contributed by atoms with Gasteiger partial charge in [0.15, 0.2) is 11.6 Å². The molecule has 0 aliphatic carbocycles. The van der Waals surface area contributed by atoms with Gasteiger partial charge in [0.25, 0.3) is 15.9 Å². The van der Waals surface area contributed by atoms with Gasteiger partial charge in [-0.3, -0.25) is 9.59 Å². The maximum Gasteiger partial charge on any atom is 0.321 e. The van der Waals surface area contributed by atoms with Crippen molar-refractivity contribution in [3.8, 4) is 11.5 Å². The van der Waals surface area contributed by atoms with Crippen molar-refractivity contribution in [2.24, 2.45) is 7.05 Å². The highest BCUT2D eigenvalue weighted by molar-refractivity contribution is 7.89. The first-order chi connectivity index (χ1) is 13.6. The van der Waals surface area contributed by atoms with Crippen molar-refractivity contribution in [2.45, 2.75) is 11.9 Å². The number of aryl methyl sites for hydroxylation is 2. The summed E-state index contributed by atoms with van der Waals surface area (Å²) in [7, 11) is 0.610. The van der Waals surface area contributed by atoms with Gasteiger partial charge in [0, 0.05) is 37.1 Å². The third-order valence-electron chi connectivity index (χ3n) is 3.77. The number of nitrogens with zero attached hydrogens (tertiary/aromatic N) is 2. The quantitative estimate of drug-likeness (QED) is 0.543. The molecule has 0 atom stereocenters. The molecule has 11 nitrogen and oxygen atoms in total. The molecular formula is C17H22N4O7S. The molecule has 0 fully saturated rings. The van der Waals surface area contributed by atoms with Crippen LogP contribution in [0.15, 0.2) is 29.4 Å². The summed E-state index contributed by atoms with van der Waals surface area (Å²) < 4.78 is 42.8. The van der Waals surface area contributed by atoms with Gasteiger partial charge in [-0.1, -0.05) is 0 Å². The molecule has 0 unspecified atom stereocenters. The van der Waals surface area contributed by atoms with Crippen molar-refractivity contribution in [3.63, 3.8) is 0 Å². The number of esters is 1. The molecule has 0 saturated carbocycles. The van der Waals surface area contributed by atoms with E-state index >= 15 is 0 Å². The number of imidazole rings is 1. The molecular weight excluding hydrogens is 404 g/mol. The van der Waals surface area contributed by atoms with Crippen molar-refractivity contribution in [3.05, 3.63) is 30.2 Å². The lowest BCUT2D eigenvalue weighted by Crippen LogP contribution is -2.32. The number of carbonyl (C=O) groups is 2. The summed E-state index contributed by atoms with van der Waals surface area (Å²) in [4.78, 5) is 27.6. The van der Waals surface area contributed by atoms with Crippen molar-refractivity contribution in [2.75, 3.05) is 32.7 Å². The van der Waals surface area contributed by atoms with E-state index in [0.717, 1.165) is 0 Å². The summed E-state index contributed by atoms with van der Waals surface area (Å²) in [6.07, 6.45) is 1.32. The van der Waals surface area contributed by atoms with Gasteiger partial charge in [-0.05, 0) is 6.92 Å². The van der Waals surface area contributed by atoms with Crippen LogP contribution in [-0.4, -0.2) is 57.2 Å². The molecule has 0 spiro atoms. The van der Waals surface area contributed by atoms with Crippen LogP contribution in [0.25, 0.3) is 0 Å². The molecule has 2 rings (SSSR count). The average molecular weight is 426 g/mol. The second kappa shape index (κ2) is 9.39. The standard InChI is InChI=1S/C17H22N4O7S/c1-11-19-16(9-21(11)2)29(24,25)18-8-17(23)28-10-15(22)20-12-5-13(26-3)7-14(6-12)27-4/h5-7,9,18H,8,10H2,1-4H3,(H,20,22). The predicted octanol–water partition coefficient (Wildman–Crippen LogP) is 0.206. The summed E-state index contributed by atoms with van der Waals surface area (Å²) in [5, 5.41) is 2.31. The second-order valence-corrected chi connectivity index (χ2v) is 7.59. The van der Waals surface area contributed by atoms with E-state index in [2.05, 4.69) is 15.0 Å². The van der Waals surface area contributed by atoms with Crippen LogP contribution in [0.3, 0.4) is 0 Å². The Morgan fingerprint density at radius 3 is 2.28 bits per heavy atom. The fourth-order valence-corrected chi connectivity index (χ4v) is 3.16. The number of ether oxygens (including phenoxy) is 3. The van der Waals surface area contributed by atoms with Crippen LogP contribution in [-0.2, 0) is 31.4 Å². The molecule has 0 saturated heterocycles. The van der Waals surface area contributed by atoms with E-state index in [9.17, 15) is 18.0 Å². The van der Waals surface area contributed by atoms with Crippen LogP contribution in [0.1, 0.15) is 5.82 Å². The molecule has 2 aromatic rings. The Labute approximate surface area is 168 Å². The molecule has 0 aliphatic heterocycles. The van der Waals surface area contributed by atoms with Gasteiger partial charge in [-0.15, -0.1) is 0 Å². The Balaban J connectivity index is 1.85. The highest BCUT2D eigenvalue weighted by atomic mass is 32.2. The molecule has 0 aliphatic rings. The summed E-state index contributed by atoms with van der Waals surface area (Å²) in [6.45, 7) is 0.408. The lowest BCUT2D eigenvalue weighted by Gasteiger charge is -2.10. The zero-order valence-corrected chi connectivity index (χ0v) is 17.2. The minimum absolute atomic E-state index is 0.213. The Morgan fingerprint density at radius 2 is 1.76 bits per heavy atom. The Morgan fingerprint density at radius 1 is 1.14 bits per heavy atom. The molecule has 1 amide bonds. The third kappa shape index (κ3) is 6.19. The first-order valence-corrected chi connectivity index (χ1v) is 9.81. The van der Waals surface area contributed by atoms with Crippen LogP contribution in [0.5, 0.6) is 11.5 Å². The van der Waals surface area contributed by atoms with Gasteiger partial charge in [-0.2, -0.15) is 4.72 Å². The van der Waals surface area contributed by atoms with Gasteiger partial charge in [0.1, 0.15) is 23.9 Å². The molecule has 158 valence electrons. The largest absolute Gasteiger partial charge is 0.497 e. The van der Waals surface area contributed by atoms with E-state index in [1.807, 2.05) is 0 Å². The number of nitrogens with one attached hydrogen (secondary N) is 2. The number of aromatic nitrogens is 2. The fourth-order valence-electron chi connectivity index (χ4n) is 2.16. The van der Waals surface area contributed by atoms with E-state index in [4.69, 9.17) is 14.2 Å². The zero-order chi connectivity index (χ0) is 21.6. The maximum absolute atomic E-state index is 12.1. The highest BCUT2D eigenvalue weighted by Crippen LogP contribution is 2.25. The molecule has 29 heavy (non-hydrogen) atoms. The average Bonchev–Trinajstić information content (AvgIpc) is 3.04. The number of hydrogen-bond donors (Lipinski definition) is 2. The van der Waals surface area contributed by atoms with Crippen molar-refractivity contribution in [1.82, 2.24) is 14.3 Å². The van der Waals surface area contributed by atoms with Crippen molar-refractivity contribution in [1.29, 1.82) is 0 Å². The first kappa shape index (κ1) is 22.2. The highest BCUT2D eigenvalue weighted by Gasteiger charge is 2.20. The van der Waals surface area contributed by atoms with Crippen molar-refractivity contribution < 1.29 is 32.2 Å². The van der Waals surface area contributed by atoms with Gasteiger partial charge >= 0.3 is 5.97 Å². The minimum atomic E-state index is -3.97. The number of amides is 1. The smallest absolute Gasteiger partial charge is 0.321 e. The van der Waals surface area contributed by atoms with E-state index < -0.39 is 35.1 Å². The number of sulfonamides is 1. The number of hydrogen-bond acceptors (Lipinski definition) is 8. The maximum atomic E-state index is 12.1. The molecule has 1 heterocycles. The normalized spacial score (nSPS) is 11.0. The number of rotatable bonds is 9. The molecule has 0 radical (unpaired) electrons. The minimum Gasteiger partial charge on any atom is -0.497 e. The van der Waals surface area contributed by atoms with E-state index in [1.165, 1.54) is 25.0 Å². The second-order valence-electron chi connectivity index (χ2n) is 5.87. The lowest BCUT2D eigenvalue weighted by atomic mass is 10.2. The van der Waals surface area contributed by atoms with Crippen LogP contribution in [0.2, 0.25) is 0 Å². The summed E-state index contributed by atoms with van der Waals surface area (Å²) in [6, 6.07) is 4.75. The number of carbonyl (C=O) groups excluding carboxylic acids is 2. The summed E-state index contributed by atoms with van der Waals surface area (Å²) in [5.74, 6) is -0.0955. The molecule has 2 N–H and O–H groups in total. The SMILES string of the molecule is COc1cc(NC(=O)COC(=O)CNS(=O)(=O)c2cn(C)c(C)n2)cc(OC)c1. The van der Waals surface area contributed by atoms with Gasteiger partial charge < -0.3 is 24.1 Å². The zero-order valence-electron chi connectivity index (χ0n) is 16.4. The predicted molar refractivity (Wildman–Crippen MR) is 102 cm³/mol. The number of anilines is 1. The Hall–Kier alpha value is -3.12. The van der Waals surface area contributed by atoms with Crippen LogP contribution >= 0.6 is 0 Å². The van der Waals surface area contributed by atoms with Crippen LogP contribution < -0.4 is 19.5 Å². The lowest BCUT2D eigenvalue weighted by molar-refractivity contribution is -0.146. The molecule has 1 aromatic carbocycles. The Bertz CT molecular complexity index is 959. The fraction of sp³-hybridized carbons (Fsp3) is 0.353. The molecule has 12 heteroatoms. The third-order valence-corrected chi connectivity index (χ3v) is 5.04.